The Labute approximate surface area is 157 Å². The van der Waals surface area contributed by atoms with Gasteiger partial charge < -0.3 is 9.09 Å². The minimum Gasteiger partial charge on any atom is -0.364 e. The molecule has 2 aromatic heterocycles. The number of nitrogens with zero attached hydrogens (tertiary/aromatic N) is 4. The molecule has 0 spiro atoms. The van der Waals surface area contributed by atoms with E-state index >= 15 is 0 Å². The van der Waals surface area contributed by atoms with Crippen molar-refractivity contribution < 1.29 is 17.3 Å². The Bertz CT molecular complexity index is 1020. The van der Waals surface area contributed by atoms with E-state index in [-0.39, 0.29) is 23.6 Å². The van der Waals surface area contributed by atoms with E-state index in [0.29, 0.717) is 17.8 Å². The molecule has 144 valence electrons. The predicted molar refractivity (Wildman–Crippen MR) is 97.2 cm³/mol. The van der Waals surface area contributed by atoms with Crippen LogP contribution in [0.3, 0.4) is 0 Å². The number of halogens is 1. The minimum atomic E-state index is -3.56. The fourth-order valence-electron chi connectivity index (χ4n) is 2.84. The number of hydrogen-bond donors (Lipinski definition) is 0. The summed E-state index contributed by atoms with van der Waals surface area (Å²) >= 11 is 0. The van der Waals surface area contributed by atoms with Gasteiger partial charge in [-0.05, 0) is 20.0 Å². The summed E-state index contributed by atoms with van der Waals surface area (Å²) in [4.78, 5) is 6.07. The molecule has 0 aliphatic heterocycles. The Kier molecular flexibility index (Phi) is 5.43. The molecule has 0 aliphatic rings. The summed E-state index contributed by atoms with van der Waals surface area (Å²) < 4.78 is 44.8. The highest BCUT2D eigenvalue weighted by Gasteiger charge is 2.22. The number of sulfone groups is 1. The van der Waals surface area contributed by atoms with E-state index in [0.717, 1.165) is 11.9 Å². The fourth-order valence-corrected chi connectivity index (χ4v) is 3.66. The molecule has 27 heavy (non-hydrogen) atoms. The fraction of sp³-hybridized carbons (Fsp3) is 0.333. The average Bonchev–Trinajstić information content (AvgIpc) is 3.26. The molecule has 0 amide bonds. The molecule has 0 N–H and O–H groups in total. The van der Waals surface area contributed by atoms with Gasteiger partial charge in [0.05, 0.1) is 24.5 Å². The van der Waals surface area contributed by atoms with Crippen LogP contribution in [-0.4, -0.2) is 41.3 Å². The number of rotatable bonds is 7. The van der Waals surface area contributed by atoms with Gasteiger partial charge in [0.2, 0.25) is 15.0 Å². The summed E-state index contributed by atoms with van der Waals surface area (Å²) in [5, 5.41) is 3.86. The van der Waals surface area contributed by atoms with Crippen molar-refractivity contribution in [1.82, 2.24) is 19.6 Å². The largest absolute Gasteiger partial charge is 0.364 e. The number of hydrogen-bond acceptors (Lipinski definition) is 6. The van der Waals surface area contributed by atoms with Crippen molar-refractivity contribution in [2.45, 2.75) is 31.2 Å². The zero-order valence-electron chi connectivity index (χ0n) is 15.3. The first-order chi connectivity index (χ1) is 12.8. The zero-order chi connectivity index (χ0) is 19.6. The number of benzene rings is 1. The SMILES string of the molecule is C[C@@H](c1ccon1)N(C)Cc1cnc(S(C)(=O)=O)n1Cc1ccccc1F. The van der Waals surface area contributed by atoms with E-state index in [1.54, 1.807) is 28.8 Å². The molecular formula is C18H21FN4O3S. The van der Waals surface area contributed by atoms with Crippen LogP contribution in [0.25, 0.3) is 0 Å². The van der Waals surface area contributed by atoms with Gasteiger partial charge in [0.15, 0.2) is 0 Å². The number of aromatic nitrogens is 3. The van der Waals surface area contributed by atoms with E-state index in [1.807, 2.05) is 18.9 Å². The van der Waals surface area contributed by atoms with E-state index in [4.69, 9.17) is 4.52 Å². The van der Waals surface area contributed by atoms with Crippen LogP contribution in [0.5, 0.6) is 0 Å². The molecule has 0 bridgehead atoms. The van der Waals surface area contributed by atoms with Gasteiger partial charge in [0, 0.05) is 24.4 Å². The topological polar surface area (TPSA) is 81.2 Å². The standard InChI is InChI=1S/C18H21FN4O3S/c1-13(17-8-9-26-21-17)22(2)12-15-10-20-18(27(3,24)25)23(15)11-14-6-4-5-7-16(14)19/h4-10,13H,11-12H2,1-3H3/t13-/m0/s1. The van der Waals surface area contributed by atoms with Gasteiger partial charge in [-0.1, -0.05) is 23.4 Å². The van der Waals surface area contributed by atoms with Crippen LogP contribution < -0.4 is 0 Å². The van der Waals surface area contributed by atoms with Gasteiger partial charge in [0.1, 0.15) is 17.8 Å². The second-order valence-corrected chi connectivity index (χ2v) is 8.41. The summed E-state index contributed by atoms with van der Waals surface area (Å²) in [7, 11) is -1.67. The van der Waals surface area contributed by atoms with Gasteiger partial charge in [-0.3, -0.25) is 4.90 Å². The normalized spacial score (nSPS) is 13.2. The first-order valence-corrected chi connectivity index (χ1v) is 10.2. The Morgan fingerprint density at radius 2 is 2.04 bits per heavy atom. The van der Waals surface area contributed by atoms with Crippen molar-refractivity contribution in [3.63, 3.8) is 0 Å². The molecule has 0 aliphatic carbocycles. The molecule has 3 rings (SSSR count). The van der Waals surface area contributed by atoms with Crippen LogP contribution >= 0.6 is 0 Å². The molecule has 0 saturated heterocycles. The molecule has 9 heteroatoms. The lowest BCUT2D eigenvalue weighted by Gasteiger charge is -2.23. The van der Waals surface area contributed by atoms with Crippen LogP contribution in [0.4, 0.5) is 4.39 Å². The Hall–Kier alpha value is -2.52. The quantitative estimate of drug-likeness (QED) is 0.615. The average molecular weight is 392 g/mol. The van der Waals surface area contributed by atoms with Crippen LogP contribution in [0.15, 0.2) is 52.5 Å². The highest BCUT2D eigenvalue weighted by Crippen LogP contribution is 2.22. The molecule has 1 aromatic carbocycles. The second-order valence-electron chi connectivity index (χ2n) is 6.50. The smallest absolute Gasteiger partial charge is 0.227 e. The van der Waals surface area contributed by atoms with Crippen LogP contribution in [-0.2, 0) is 22.9 Å². The van der Waals surface area contributed by atoms with E-state index in [1.165, 1.54) is 18.5 Å². The monoisotopic (exact) mass is 392 g/mol. The first-order valence-electron chi connectivity index (χ1n) is 8.35. The third kappa shape index (κ3) is 4.25. The van der Waals surface area contributed by atoms with Crippen molar-refractivity contribution in [2.75, 3.05) is 13.3 Å². The van der Waals surface area contributed by atoms with Crippen LogP contribution in [0.2, 0.25) is 0 Å². The van der Waals surface area contributed by atoms with E-state index < -0.39 is 9.84 Å². The molecule has 0 fully saturated rings. The molecule has 2 heterocycles. The molecule has 0 radical (unpaired) electrons. The minimum absolute atomic E-state index is 0.0535. The van der Waals surface area contributed by atoms with Crippen molar-refractivity contribution in [2.24, 2.45) is 0 Å². The third-order valence-electron chi connectivity index (χ3n) is 4.48. The molecular weight excluding hydrogens is 371 g/mol. The van der Waals surface area contributed by atoms with E-state index in [9.17, 15) is 12.8 Å². The second kappa shape index (κ2) is 7.61. The summed E-state index contributed by atoms with van der Waals surface area (Å²) in [5.74, 6) is -0.388. The molecule has 3 aromatic rings. The van der Waals surface area contributed by atoms with Crippen molar-refractivity contribution in [3.05, 3.63) is 65.6 Å². The summed E-state index contributed by atoms with van der Waals surface area (Å²) in [6.45, 7) is 2.45. The lowest BCUT2D eigenvalue weighted by molar-refractivity contribution is 0.234. The van der Waals surface area contributed by atoms with Crippen LogP contribution in [0, 0.1) is 5.82 Å². The van der Waals surface area contributed by atoms with Gasteiger partial charge in [-0.25, -0.2) is 17.8 Å². The molecule has 0 saturated carbocycles. The summed E-state index contributed by atoms with van der Waals surface area (Å²) in [5.41, 5.74) is 1.83. The van der Waals surface area contributed by atoms with Crippen molar-refractivity contribution in [1.29, 1.82) is 0 Å². The van der Waals surface area contributed by atoms with Crippen LogP contribution in [0.1, 0.15) is 29.9 Å². The van der Waals surface area contributed by atoms with Crippen molar-refractivity contribution >= 4 is 9.84 Å². The van der Waals surface area contributed by atoms with Gasteiger partial charge in [-0.2, -0.15) is 0 Å². The molecule has 0 unspecified atom stereocenters. The maximum absolute atomic E-state index is 14.1. The molecule has 7 nitrogen and oxygen atoms in total. The highest BCUT2D eigenvalue weighted by molar-refractivity contribution is 7.90. The van der Waals surface area contributed by atoms with Gasteiger partial charge >= 0.3 is 0 Å². The maximum Gasteiger partial charge on any atom is 0.227 e. The Morgan fingerprint density at radius 3 is 2.67 bits per heavy atom. The summed E-state index contributed by atoms with van der Waals surface area (Å²) in [6.07, 6.45) is 4.12. The number of imidazole rings is 1. The third-order valence-corrected chi connectivity index (χ3v) is 5.47. The van der Waals surface area contributed by atoms with E-state index in [2.05, 4.69) is 10.1 Å². The van der Waals surface area contributed by atoms with Crippen molar-refractivity contribution in [3.8, 4) is 0 Å². The lowest BCUT2D eigenvalue weighted by atomic mass is 10.2. The summed E-state index contributed by atoms with van der Waals surface area (Å²) in [6, 6.07) is 8.02. The first kappa shape index (κ1) is 19.2. The highest BCUT2D eigenvalue weighted by atomic mass is 32.2. The maximum atomic E-state index is 14.1. The Balaban J connectivity index is 1.93. The van der Waals surface area contributed by atoms with Gasteiger partial charge in [0.25, 0.3) is 0 Å². The lowest BCUT2D eigenvalue weighted by Crippen LogP contribution is -2.24. The predicted octanol–water partition coefficient (Wildman–Crippen LogP) is 2.66. The molecule has 1 atom stereocenters. The van der Waals surface area contributed by atoms with Gasteiger partial charge in [-0.15, -0.1) is 0 Å². The zero-order valence-corrected chi connectivity index (χ0v) is 16.1. The Morgan fingerprint density at radius 1 is 1.30 bits per heavy atom.